The molecule has 16 heavy (non-hydrogen) atoms. The van der Waals surface area contributed by atoms with Gasteiger partial charge in [0.2, 0.25) is 0 Å². The Bertz CT molecular complexity index is 437. The lowest BCUT2D eigenvalue weighted by Gasteiger charge is -2.17. The number of nitrogens with one attached hydrogen (secondary N) is 2. The first-order chi connectivity index (χ1) is 7.79. The van der Waals surface area contributed by atoms with E-state index in [2.05, 4.69) is 31.2 Å². The van der Waals surface area contributed by atoms with Crippen LogP contribution in [0.1, 0.15) is 5.69 Å². The summed E-state index contributed by atoms with van der Waals surface area (Å²) in [7, 11) is 3.85. The molecule has 0 saturated carbocycles. The van der Waals surface area contributed by atoms with Crippen molar-refractivity contribution in [3.63, 3.8) is 0 Å². The van der Waals surface area contributed by atoms with E-state index in [0.29, 0.717) is 0 Å². The first-order valence-electron chi connectivity index (χ1n) is 5.13. The fourth-order valence-corrected chi connectivity index (χ4v) is 1.49. The highest BCUT2D eigenvalue weighted by Crippen LogP contribution is 2.14. The van der Waals surface area contributed by atoms with Crippen molar-refractivity contribution in [2.75, 3.05) is 24.3 Å². The van der Waals surface area contributed by atoms with Crippen molar-refractivity contribution in [2.45, 2.75) is 6.54 Å². The molecule has 5 nitrogen and oxygen atoms in total. The summed E-state index contributed by atoms with van der Waals surface area (Å²) in [4.78, 5) is 13.5. The third-order valence-corrected chi connectivity index (χ3v) is 2.37. The number of H-pyrrole nitrogens is 1. The van der Waals surface area contributed by atoms with Crippen LogP contribution in [0, 0.1) is 0 Å². The van der Waals surface area contributed by atoms with E-state index >= 15 is 0 Å². The SMILES string of the molecule is CNc1cc(N(C)Cc2ccc[nH]2)ncn1. The van der Waals surface area contributed by atoms with Crippen LogP contribution in [0.25, 0.3) is 0 Å². The molecule has 84 valence electrons. The molecule has 0 saturated heterocycles. The molecule has 0 aromatic carbocycles. The highest BCUT2D eigenvalue weighted by atomic mass is 15.2. The minimum Gasteiger partial charge on any atom is -0.373 e. The first kappa shape index (κ1) is 10.5. The summed E-state index contributed by atoms with van der Waals surface area (Å²) in [6, 6.07) is 5.96. The Hall–Kier alpha value is -2.04. The Labute approximate surface area is 94.5 Å². The van der Waals surface area contributed by atoms with Gasteiger partial charge in [0.1, 0.15) is 18.0 Å². The van der Waals surface area contributed by atoms with Gasteiger partial charge in [0, 0.05) is 32.1 Å². The van der Waals surface area contributed by atoms with Gasteiger partial charge >= 0.3 is 0 Å². The molecule has 0 aliphatic heterocycles. The van der Waals surface area contributed by atoms with Crippen LogP contribution in [-0.4, -0.2) is 29.0 Å². The van der Waals surface area contributed by atoms with Crippen LogP contribution in [0.2, 0.25) is 0 Å². The molecule has 2 rings (SSSR count). The number of hydrogen-bond acceptors (Lipinski definition) is 4. The fourth-order valence-electron chi connectivity index (χ4n) is 1.49. The van der Waals surface area contributed by atoms with Crippen LogP contribution in [0.15, 0.2) is 30.7 Å². The van der Waals surface area contributed by atoms with E-state index < -0.39 is 0 Å². The number of aromatic amines is 1. The lowest BCUT2D eigenvalue weighted by molar-refractivity contribution is 0.869. The molecule has 0 amide bonds. The van der Waals surface area contributed by atoms with Gasteiger partial charge in [-0.2, -0.15) is 0 Å². The van der Waals surface area contributed by atoms with Gasteiger partial charge < -0.3 is 15.2 Å². The zero-order valence-electron chi connectivity index (χ0n) is 9.44. The molecule has 0 bridgehead atoms. The van der Waals surface area contributed by atoms with Crippen molar-refractivity contribution >= 4 is 11.6 Å². The summed E-state index contributed by atoms with van der Waals surface area (Å²) < 4.78 is 0. The predicted molar refractivity (Wildman–Crippen MR) is 64.5 cm³/mol. The quantitative estimate of drug-likeness (QED) is 0.814. The van der Waals surface area contributed by atoms with E-state index in [-0.39, 0.29) is 0 Å². The molecule has 2 heterocycles. The average Bonchev–Trinajstić information content (AvgIpc) is 2.82. The van der Waals surface area contributed by atoms with Crippen molar-refractivity contribution in [3.05, 3.63) is 36.4 Å². The number of rotatable bonds is 4. The summed E-state index contributed by atoms with van der Waals surface area (Å²) in [5, 5.41) is 3.00. The Morgan fingerprint density at radius 2 is 2.31 bits per heavy atom. The molecule has 0 aliphatic carbocycles. The van der Waals surface area contributed by atoms with Gasteiger partial charge in [-0.25, -0.2) is 9.97 Å². The summed E-state index contributed by atoms with van der Waals surface area (Å²) in [6.07, 6.45) is 3.48. The van der Waals surface area contributed by atoms with Crippen LogP contribution in [0.4, 0.5) is 11.6 Å². The standard InChI is InChI=1S/C11H15N5/c1-12-10-6-11(15-8-14-10)16(2)7-9-4-3-5-13-9/h3-6,8,13H,7H2,1-2H3,(H,12,14,15). The van der Waals surface area contributed by atoms with Gasteiger partial charge in [-0.15, -0.1) is 0 Å². The lowest BCUT2D eigenvalue weighted by Crippen LogP contribution is -2.18. The van der Waals surface area contributed by atoms with Crippen LogP contribution < -0.4 is 10.2 Å². The Kier molecular flexibility index (Phi) is 3.05. The van der Waals surface area contributed by atoms with Gasteiger partial charge in [0.15, 0.2) is 0 Å². The lowest BCUT2D eigenvalue weighted by atomic mass is 10.4. The number of aromatic nitrogens is 3. The van der Waals surface area contributed by atoms with Crippen molar-refractivity contribution in [1.82, 2.24) is 15.0 Å². The fraction of sp³-hybridized carbons (Fsp3) is 0.273. The molecule has 2 N–H and O–H groups in total. The van der Waals surface area contributed by atoms with Crippen LogP contribution in [-0.2, 0) is 6.54 Å². The number of anilines is 2. The molecule has 0 aliphatic rings. The zero-order valence-corrected chi connectivity index (χ0v) is 9.44. The van der Waals surface area contributed by atoms with Gasteiger partial charge in [-0.05, 0) is 12.1 Å². The third kappa shape index (κ3) is 2.31. The first-order valence-corrected chi connectivity index (χ1v) is 5.13. The van der Waals surface area contributed by atoms with Crippen molar-refractivity contribution < 1.29 is 0 Å². The van der Waals surface area contributed by atoms with E-state index in [4.69, 9.17) is 0 Å². The maximum absolute atomic E-state index is 4.23. The van der Waals surface area contributed by atoms with E-state index in [1.807, 2.05) is 32.4 Å². The number of hydrogen-bond donors (Lipinski definition) is 2. The normalized spacial score (nSPS) is 10.1. The molecule has 2 aromatic heterocycles. The average molecular weight is 217 g/mol. The second kappa shape index (κ2) is 4.65. The Morgan fingerprint density at radius 3 is 3.00 bits per heavy atom. The second-order valence-corrected chi connectivity index (χ2v) is 3.56. The van der Waals surface area contributed by atoms with Crippen LogP contribution >= 0.6 is 0 Å². The molecule has 2 aromatic rings. The molecule has 0 atom stereocenters. The van der Waals surface area contributed by atoms with Gasteiger partial charge in [-0.3, -0.25) is 0 Å². The molecular weight excluding hydrogens is 202 g/mol. The summed E-state index contributed by atoms with van der Waals surface area (Å²) in [5.41, 5.74) is 1.16. The third-order valence-electron chi connectivity index (χ3n) is 2.37. The molecule has 0 spiro atoms. The van der Waals surface area contributed by atoms with E-state index in [1.165, 1.54) is 0 Å². The van der Waals surface area contributed by atoms with Crippen molar-refractivity contribution in [1.29, 1.82) is 0 Å². The molecule has 0 fully saturated rings. The molecular formula is C11H15N5. The smallest absolute Gasteiger partial charge is 0.134 e. The van der Waals surface area contributed by atoms with Gasteiger partial charge in [-0.1, -0.05) is 0 Å². The molecule has 5 heteroatoms. The highest BCUT2D eigenvalue weighted by molar-refractivity contribution is 5.47. The molecule has 0 radical (unpaired) electrons. The van der Waals surface area contributed by atoms with E-state index in [9.17, 15) is 0 Å². The topological polar surface area (TPSA) is 56.8 Å². The zero-order chi connectivity index (χ0) is 11.4. The summed E-state index contributed by atoms with van der Waals surface area (Å²) in [5.74, 6) is 1.72. The van der Waals surface area contributed by atoms with E-state index in [0.717, 1.165) is 23.9 Å². The second-order valence-electron chi connectivity index (χ2n) is 3.56. The van der Waals surface area contributed by atoms with Crippen molar-refractivity contribution in [2.24, 2.45) is 0 Å². The van der Waals surface area contributed by atoms with E-state index in [1.54, 1.807) is 6.33 Å². The monoisotopic (exact) mass is 217 g/mol. The van der Waals surface area contributed by atoms with Crippen LogP contribution in [0.3, 0.4) is 0 Å². The Balaban J connectivity index is 2.11. The predicted octanol–water partition coefficient (Wildman–Crippen LogP) is 1.48. The minimum atomic E-state index is 0.799. The maximum Gasteiger partial charge on any atom is 0.134 e. The van der Waals surface area contributed by atoms with Gasteiger partial charge in [0.25, 0.3) is 0 Å². The summed E-state index contributed by atoms with van der Waals surface area (Å²) in [6.45, 7) is 0.799. The molecule has 0 unspecified atom stereocenters. The highest BCUT2D eigenvalue weighted by Gasteiger charge is 2.04. The van der Waals surface area contributed by atoms with Crippen LogP contribution in [0.5, 0.6) is 0 Å². The summed E-state index contributed by atoms with van der Waals surface area (Å²) >= 11 is 0. The number of nitrogens with zero attached hydrogens (tertiary/aromatic N) is 3. The minimum absolute atomic E-state index is 0.799. The van der Waals surface area contributed by atoms with Gasteiger partial charge in [0.05, 0.1) is 6.54 Å². The van der Waals surface area contributed by atoms with Crippen molar-refractivity contribution in [3.8, 4) is 0 Å². The Morgan fingerprint density at radius 1 is 1.44 bits per heavy atom. The maximum atomic E-state index is 4.23. The largest absolute Gasteiger partial charge is 0.373 e.